The van der Waals surface area contributed by atoms with E-state index in [4.69, 9.17) is 21.1 Å². The summed E-state index contributed by atoms with van der Waals surface area (Å²) in [6.45, 7) is 11.4. The Morgan fingerprint density at radius 3 is 2.38 bits per heavy atom. The van der Waals surface area contributed by atoms with Crippen LogP contribution in [0.5, 0.6) is 11.5 Å². The second kappa shape index (κ2) is 10.7. The highest BCUT2D eigenvalue weighted by Crippen LogP contribution is 2.37. The van der Waals surface area contributed by atoms with Gasteiger partial charge in [0, 0.05) is 31.7 Å². The van der Waals surface area contributed by atoms with Gasteiger partial charge in [-0.1, -0.05) is 39.3 Å². The van der Waals surface area contributed by atoms with E-state index in [1.807, 2.05) is 13.8 Å². The molecule has 1 unspecified atom stereocenters. The molecule has 1 fully saturated rings. The fourth-order valence-electron chi connectivity index (χ4n) is 3.42. The highest BCUT2D eigenvalue weighted by molar-refractivity contribution is 6.32. The molecule has 0 bridgehead atoms. The number of nitriles is 1. The van der Waals surface area contributed by atoms with Crippen molar-refractivity contribution >= 4 is 17.5 Å². The summed E-state index contributed by atoms with van der Waals surface area (Å²) < 4.78 is 11.2. The van der Waals surface area contributed by atoms with E-state index >= 15 is 0 Å². The van der Waals surface area contributed by atoms with E-state index in [-0.39, 0.29) is 17.9 Å². The van der Waals surface area contributed by atoms with Crippen molar-refractivity contribution < 1.29 is 14.3 Å². The lowest BCUT2D eigenvalue weighted by Crippen LogP contribution is -2.52. The third-order valence-corrected chi connectivity index (χ3v) is 5.46. The summed E-state index contributed by atoms with van der Waals surface area (Å²) in [6, 6.07) is 5.59. The van der Waals surface area contributed by atoms with Gasteiger partial charge in [-0.05, 0) is 30.4 Å². The summed E-state index contributed by atoms with van der Waals surface area (Å²) in [6.07, 6.45) is 0.907. The van der Waals surface area contributed by atoms with Crippen molar-refractivity contribution in [2.24, 2.45) is 11.8 Å². The van der Waals surface area contributed by atoms with Crippen LogP contribution in [0.25, 0.3) is 0 Å². The first kappa shape index (κ1) is 23.3. The van der Waals surface area contributed by atoms with E-state index in [2.05, 4.69) is 24.8 Å². The Morgan fingerprint density at radius 2 is 1.86 bits per heavy atom. The number of rotatable bonds is 8. The molecule has 7 heteroatoms. The zero-order valence-corrected chi connectivity index (χ0v) is 18.8. The van der Waals surface area contributed by atoms with Crippen LogP contribution in [0.1, 0.15) is 44.5 Å². The Morgan fingerprint density at radius 1 is 1.21 bits per heavy atom. The van der Waals surface area contributed by atoms with Crippen molar-refractivity contribution in [1.29, 1.82) is 5.26 Å². The number of ether oxygens (including phenoxy) is 2. The van der Waals surface area contributed by atoms with Gasteiger partial charge in [-0.15, -0.1) is 0 Å². The number of methoxy groups -OCH3 is 1. The van der Waals surface area contributed by atoms with Gasteiger partial charge in [0.05, 0.1) is 24.8 Å². The van der Waals surface area contributed by atoms with Gasteiger partial charge in [0.25, 0.3) is 5.91 Å². The van der Waals surface area contributed by atoms with Gasteiger partial charge in [0.15, 0.2) is 11.5 Å². The van der Waals surface area contributed by atoms with E-state index in [1.54, 1.807) is 24.1 Å². The zero-order valence-electron chi connectivity index (χ0n) is 18.1. The fourth-order valence-corrected chi connectivity index (χ4v) is 3.68. The number of hydrogen-bond donors (Lipinski definition) is 0. The van der Waals surface area contributed by atoms with Crippen LogP contribution in [0, 0.1) is 23.2 Å². The van der Waals surface area contributed by atoms with Crippen LogP contribution in [-0.4, -0.2) is 61.6 Å². The lowest BCUT2D eigenvalue weighted by Gasteiger charge is -2.38. The maximum atomic E-state index is 13.0. The molecule has 29 heavy (non-hydrogen) atoms. The first-order valence-electron chi connectivity index (χ1n) is 10.2. The molecular formula is C22H32ClN3O3. The molecule has 6 nitrogen and oxygen atoms in total. The molecule has 1 aromatic carbocycles. The van der Waals surface area contributed by atoms with Crippen molar-refractivity contribution in [2.75, 3.05) is 39.9 Å². The molecule has 1 saturated heterocycles. The minimum atomic E-state index is -0.121. The van der Waals surface area contributed by atoms with Gasteiger partial charge in [-0.2, -0.15) is 5.26 Å². The molecule has 1 heterocycles. The van der Waals surface area contributed by atoms with Crippen LogP contribution in [0.2, 0.25) is 5.02 Å². The van der Waals surface area contributed by atoms with Gasteiger partial charge in [0.2, 0.25) is 0 Å². The fraction of sp³-hybridized carbons (Fsp3) is 0.636. The summed E-state index contributed by atoms with van der Waals surface area (Å²) in [5.74, 6) is 1.64. The highest BCUT2D eigenvalue weighted by atomic mass is 35.5. The summed E-state index contributed by atoms with van der Waals surface area (Å²) in [4.78, 5) is 16.9. The summed E-state index contributed by atoms with van der Waals surface area (Å²) >= 11 is 6.41. The van der Waals surface area contributed by atoms with Crippen molar-refractivity contribution in [3.05, 3.63) is 22.7 Å². The molecule has 1 atom stereocenters. The average Bonchev–Trinajstić information content (AvgIpc) is 2.68. The van der Waals surface area contributed by atoms with Gasteiger partial charge in [-0.3, -0.25) is 9.69 Å². The van der Waals surface area contributed by atoms with E-state index < -0.39 is 0 Å². The molecule has 1 amide bonds. The van der Waals surface area contributed by atoms with Crippen molar-refractivity contribution in [1.82, 2.24) is 9.80 Å². The number of piperazine rings is 1. The Labute approximate surface area is 179 Å². The molecule has 0 N–H and O–H groups in total. The Balaban J connectivity index is 2.08. The molecule has 0 spiro atoms. The molecule has 1 aliphatic heterocycles. The summed E-state index contributed by atoms with van der Waals surface area (Å²) in [5.41, 5.74) is 0.484. The number of nitrogens with zero attached hydrogens (tertiary/aromatic N) is 3. The van der Waals surface area contributed by atoms with Gasteiger partial charge in [0.1, 0.15) is 6.04 Å². The SMILES string of the molecule is COc1cc(C(=O)N2CCN(C(C#N)C(C)C)CC2)cc(Cl)c1OCCC(C)C. The number of benzene rings is 1. The number of carbonyl (C=O) groups excluding carboxylic acids is 1. The van der Waals surface area contributed by atoms with E-state index in [9.17, 15) is 10.1 Å². The lowest BCUT2D eigenvalue weighted by molar-refractivity contribution is 0.0576. The van der Waals surface area contributed by atoms with Gasteiger partial charge >= 0.3 is 0 Å². The van der Waals surface area contributed by atoms with Crippen LogP contribution in [-0.2, 0) is 0 Å². The number of halogens is 1. The standard InChI is InChI=1S/C22H32ClN3O3/c1-15(2)6-11-29-21-18(23)12-17(13-20(21)28-5)22(27)26-9-7-25(8-10-26)19(14-24)16(3)4/h12-13,15-16,19H,6-11H2,1-5H3. The molecule has 0 aliphatic carbocycles. The number of hydrogen-bond acceptors (Lipinski definition) is 5. The third-order valence-electron chi connectivity index (χ3n) is 5.18. The number of amides is 1. The maximum Gasteiger partial charge on any atom is 0.254 e. The van der Waals surface area contributed by atoms with Crippen LogP contribution >= 0.6 is 11.6 Å². The molecule has 2 rings (SSSR count). The van der Waals surface area contributed by atoms with E-state index in [0.717, 1.165) is 6.42 Å². The lowest BCUT2D eigenvalue weighted by atomic mass is 10.0. The highest BCUT2D eigenvalue weighted by Gasteiger charge is 2.29. The normalized spacial score (nSPS) is 16.0. The third kappa shape index (κ3) is 6.01. The predicted octanol–water partition coefficient (Wildman–Crippen LogP) is 4.08. The first-order chi connectivity index (χ1) is 13.8. The molecule has 0 aromatic heterocycles. The smallest absolute Gasteiger partial charge is 0.254 e. The van der Waals surface area contributed by atoms with Gasteiger partial charge in [-0.25, -0.2) is 0 Å². The largest absolute Gasteiger partial charge is 0.493 e. The first-order valence-corrected chi connectivity index (χ1v) is 10.6. The topological polar surface area (TPSA) is 65.8 Å². The minimum absolute atomic E-state index is 0.0864. The van der Waals surface area contributed by atoms with Crippen LogP contribution in [0.4, 0.5) is 0 Å². The van der Waals surface area contributed by atoms with Crippen molar-refractivity contribution in [2.45, 2.75) is 40.2 Å². The van der Waals surface area contributed by atoms with Crippen molar-refractivity contribution in [3.63, 3.8) is 0 Å². The second-order valence-electron chi connectivity index (χ2n) is 8.17. The predicted molar refractivity (Wildman–Crippen MR) is 115 cm³/mol. The Kier molecular flexibility index (Phi) is 8.60. The van der Waals surface area contributed by atoms with Crippen molar-refractivity contribution in [3.8, 4) is 17.6 Å². The monoisotopic (exact) mass is 421 g/mol. The van der Waals surface area contributed by atoms with Gasteiger partial charge < -0.3 is 14.4 Å². The Hall–Kier alpha value is -1.97. The Bertz CT molecular complexity index is 738. The number of carbonyl (C=O) groups is 1. The van der Waals surface area contributed by atoms with Crippen LogP contribution in [0.15, 0.2) is 12.1 Å². The van der Waals surface area contributed by atoms with E-state index in [1.165, 1.54) is 0 Å². The quantitative estimate of drug-likeness (QED) is 0.632. The molecule has 160 valence electrons. The van der Waals surface area contributed by atoms with Crippen LogP contribution < -0.4 is 9.47 Å². The average molecular weight is 422 g/mol. The minimum Gasteiger partial charge on any atom is -0.493 e. The summed E-state index contributed by atoms with van der Waals surface area (Å²) in [5, 5.41) is 9.77. The second-order valence-corrected chi connectivity index (χ2v) is 8.57. The molecule has 0 saturated carbocycles. The summed E-state index contributed by atoms with van der Waals surface area (Å²) in [7, 11) is 1.54. The zero-order chi connectivity index (χ0) is 21.6. The molecule has 1 aliphatic rings. The molecular weight excluding hydrogens is 390 g/mol. The maximum absolute atomic E-state index is 13.0. The van der Waals surface area contributed by atoms with E-state index in [0.29, 0.717) is 60.8 Å². The van der Waals surface area contributed by atoms with Crippen LogP contribution in [0.3, 0.4) is 0 Å². The molecule has 1 aromatic rings. The molecule has 0 radical (unpaired) electrons.